The molecule has 7 aromatic rings. The quantitative estimate of drug-likeness (QED) is 0.265. The molecular weight excluding hydrogens is 433 g/mol. The number of fused-ring (bicyclic) bond motifs is 11. The molecule has 2 aliphatic rings. The largest absolute Gasteiger partial charge is 0.456 e. The zero-order chi connectivity index (χ0) is 22.0. The number of furan rings is 1. The molecule has 0 unspecified atom stereocenters. The monoisotopic (exact) mass is 449 g/mol. The van der Waals surface area contributed by atoms with Gasteiger partial charge < -0.3 is 8.98 Å². The van der Waals surface area contributed by atoms with Crippen LogP contribution in [0, 0.1) is 0 Å². The van der Waals surface area contributed by atoms with Gasteiger partial charge >= 0.3 is 0 Å². The van der Waals surface area contributed by atoms with Gasteiger partial charge in [-0.25, -0.2) is 0 Å². The highest BCUT2D eigenvalue weighted by Crippen LogP contribution is 2.43. The minimum absolute atomic E-state index is 0.195. The third-order valence-electron chi connectivity index (χ3n) is 7.64. The van der Waals surface area contributed by atoms with Crippen molar-refractivity contribution in [2.24, 2.45) is 0 Å². The van der Waals surface area contributed by atoms with E-state index in [1.165, 1.54) is 64.4 Å². The van der Waals surface area contributed by atoms with Crippen molar-refractivity contribution in [2.45, 2.75) is 9.79 Å². The molecule has 0 bridgehead atoms. The van der Waals surface area contributed by atoms with E-state index < -0.39 is 0 Å². The Morgan fingerprint density at radius 3 is 2.41 bits per heavy atom. The van der Waals surface area contributed by atoms with Gasteiger partial charge in [0.25, 0.3) is 0 Å². The first-order chi connectivity index (χ1) is 16.9. The van der Waals surface area contributed by atoms with Crippen molar-refractivity contribution >= 4 is 78.6 Å². The second kappa shape index (κ2) is 5.96. The summed E-state index contributed by atoms with van der Waals surface area (Å²) in [5, 5.41) is 5.00. The Bertz CT molecular complexity index is 2010. The summed E-state index contributed by atoms with van der Waals surface area (Å²) >= 11 is 1.89. The molecule has 9 rings (SSSR count). The van der Waals surface area contributed by atoms with Crippen LogP contribution in [0.25, 0.3) is 49.4 Å². The van der Waals surface area contributed by atoms with Crippen LogP contribution in [0.4, 0.5) is 0 Å². The van der Waals surface area contributed by atoms with Crippen LogP contribution in [0.5, 0.6) is 0 Å². The molecule has 156 valence electrons. The number of aromatic nitrogens is 1. The van der Waals surface area contributed by atoms with Crippen LogP contribution in [0.15, 0.2) is 111 Å². The summed E-state index contributed by atoms with van der Waals surface area (Å²) in [5.74, 6) is 0. The van der Waals surface area contributed by atoms with E-state index in [0.717, 1.165) is 11.2 Å². The summed E-state index contributed by atoms with van der Waals surface area (Å²) in [7, 11) is 0. The van der Waals surface area contributed by atoms with Gasteiger partial charge in [-0.1, -0.05) is 77.9 Å². The smallest absolute Gasteiger partial charge is 0.249 e. The summed E-state index contributed by atoms with van der Waals surface area (Å²) in [6.07, 6.45) is 0. The van der Waals surface area contributed by atoms with E-state index in [1.807, 2.05) is 11.8 Å². The Morgan fingerprint density at radius 1 is 0.647 bits per heavy atom. The first kappa shape index (κ1) is 17.6. The van der Waals surface area contributed by atoms with Gasteiger partial charge in [-0.05, 0) is 47.3 Å². The van der Waals surface area contributed by atoms with E-state index >= 15 is 0 Å². The van der Waals surface area contributed by atoms with Gasteiger partial charge in [-0.3, -0.25) is 0 Å². The highest BCUT2D eigenvalue weighted by atomic mass is 32.2. The van der Waals surface area contributed by atoms with E-state index in [1.54, 1.807) is 0 Å². The van der Waals surface area contributed by atoms with Crippen molar-refractivity contribution in [3.8, 4) is 5.69 Å². The van der Waals surface area contributed by atoms with Crippen molar-refractivity contribution in [2.75, 3.05) is 0 Å². The molecule has 0 N–H and O–H groups in total. The summed E-state index contributed by atoms with van der Waals surface area (Å²) in [5.41, 5.74) is 9.94. The van der Waals surface area contributed by atoms with Crippen LogP contribution in [0.1, 0.15) is 0 Å². The van der Waals surface area contributed by atoms with Crippen LogP contribution in [0.3, 0.4) is 0 Å². The summed E-state index contributed by atoms with van der Waals surface area (Å²) < 4.78 is 8.99. The Balaban J connectivity index is 1.60. The van der Waals surface area contributed by atoms with Gasteiger partial charge in [0.15, 0.2) is 0 Å². The topological polar surface area (TPSA) is 18.1 Å². The maximum atomic E-state index is 6.49. The standard InChI is InChI=1S/C30H16BNOS/c1-4-11-21-17(8-1)28-27-18-9-2-5-13-23(18)33-24(27)16-20-30(28)32(21)22-12-7-15-26-29(22)31(20)19-10-3-6-14-25(19)34-26/h1-16H. The number of hydrogen-bond donors (Lipinski definition) is 0. The molecule has 0 spiro atoms. The predicted octanol–water partition coefficient (Wildman–Crippen LogP) is 5.98. The van der Waals surface area contributed by atoms with Gasteiger partial charge in [0.1, 0.15) is 11.2 Å². The van der Waals surface area contributed by atoms with Crippen LogP contribution < -0.4 is 16.4 Å². The second-order valence-electron chi connectivity index (χ2n) is 9.28. The first-order valence-corrected chi connectivity index (χ1v) is 12.5. The molecule has 4 heterocycles. The van der Waals surface area contributed by atoms with Gasteiger partial charge in [0.2, 0.25) is 6.71 Å². The molecule has 5 aromatic carbocycles. The predicted molar refractivity (Wildman–Crippen MR) is 143 cm³/mol. The summed E-state index contributed by atoms with van der Waals surface area (Å²) in [6.45, 7) is 0.195. The Kier molecular flexibility index (Phi) is 3.08. The van der Waals surface area contributed by atoms with Gasteiger partial charge in [0, 0.05) is 37.0 Å². The van der Waals surface area contributed by atoms with E-state index in [9.17, 15) is 0 Å². The lowest BCUT2D eigenvalue weighted by Crippen LogP contribution is -2.58. The average Bonchev–Trinajstić information content (AvgIpc) is 3.42. The maximum Gasteiger partial charge on any atom is 0.249 e. The SMILES string of the molecule is c1ccc2c(c1)Sc1cccc3c1B2c1cc2oc4ccccc4c2c2c4ccccc4n-3c12. The fourth-order valence-corrected chi connectivity index (χ4v) is 7.55. The third kappa shape index (κ3) is 1.94. The van der Waals surface area contributed by atoms with Crippen LogP contribution in [-0.4, -0.2) is 11.3 Å². The highest BCUT2D eigenvalue weighted by Gasteiger charge is 2.40. The average molecular weight is 449 g/mol. The minimum atomic E-state index is 0.195. The normalized spacial score (nSPS) is 13.7. The molecule has 0 atom stereocenters. The van der Waals surface area contributed by atoms with E-state index in [4.69, 9.17) is 4.42 Å². The number of rotatable bonds is 0. The highest BCUT2D eigenvalue weighted by molar-refractivity contribution is 8.00. The number of nitrogens with zero attached hydrogens (tertiary/aromatic N) is 1. The van der Waals surface area contributed by atoms with Crippen LogP contribution in [-0.2, 0) is 0 Å². The minimum Gasteiger partial charge on any atom is -0.456 e. The molecule has 0 amide bonds. The number of hydrogen-bond acceptors (Lipinski definition) is 2. The van der Waals surface area contributed by atoms with Gasteiger partial charge in [-0.15, -0.1) is 0 Å². The molecule has 0 fully saturated rings. The lowest BCUT2D eigenvalue weighted by atomic mass is 9.35. The zero-order valence-electron chi connectivity index (χ0n) is 18.1. The molecule has 0 aliphatic carbocycles. The molecule has 34 heavy (non-hydrogen) atoms. The molecule has 2 aliphatic heterocycles. The van der Waals surface area contributed by atoms with Crippen molar-refractivity contribution in [1.82, 2.24) is 4.57 Å². The van der Waals surface area contributed by atoms with Crippen molar-refractivity contribution < 1.29 is 4.42 Å². The molecular formula is C30H16BNOS. The van der Waals surface area contributed by atoms with Crippen molar-refractivity contribution in [1.29, 1.82) is 0 Å². The molecule has 0 radical (unpaired) electrons. The molecule has 4 heteroatoms. The number of para-hydroxylation sites is 2. The summed E-state index contributed by atoms with van der Waals surface area (Å²) in [4.78, 5) is 2.70. The van der Waals surface area contributed by atoms with E-state index in [2.05, 4.69) is 102 Å². The fraction of sp³-hybridized carbons (Fsp3) is 0. The maximum absolute atomic E-state index is 6.49. The molecule has 2 aromatic heterocycles. The van der Waals surface area contributed by atoms with Crippen molar-refractivity contribution in [3.63, 3.8) is 0 Å². The Labute approximate surface area is 199 Å². The molecule has 0 saturated heterocycles. The first-order valence-electron chi connectivity index (χ1n) is 11.7. The molecule has 0 saturated carbocycles. The lowest BCUT2D eigenvalue weighted by molar-refractivity contribution is 0.669. The third-order valence-corrected chi connectivity index (χ3v) is 8.81. The summed E-state index contributed by atoms with van der Waals surface area (Å²) in [6, 6.07) is 35.3. The zero-order valence-corrected chi connectivity index (χ0v) is 18.9. The van der Waals surface area contributed by atoms with Gasteiger partial charge in [-0.2, -0.15) is 0 Å². The van der Waals surface area contributed by atoms with Crippen molar-refractivity contribution in [3.05, 3.63) is 97.1 Å². The van der Waals surface area contributed by atoms with Crippen LogP contribution in [0.2, 0.25) is 0 Å². The van der Waals surface area contributed by atoms with Gasteiger partial charge in [0.05, 0.1) is 11.0 Å². The fourth-order valence-electron chi connectivity index (χ4n) is 6.39. The lowest BCUT2D eigenvalue weighted by Gasteiger charge is -2.33. The van der Waals surface area contributed by atoms with E-state index in [0.29, 0.717) is 0 Å². The van der Waals surface area contributed by atoms with Crippen LogP contribution >= 0.6 is 11.8 Å². The number of benzene rings is 5. The van der Waals surface area contributed by atoms with E-state index in [-0.39, 0.29) is 6.71 Å². The Morgan fingerprint density at radius 2 is 1.44 bits per heavy atom. The molecule has 2 nitrogen and oxygen atoms in total. The Hall–Kier alpha value is -3.89. The second-order valence-corrected chi connectivity index (χ2v) is 10.4.